The first-order valence-corrected chi connectivity index (χ1v) is 8.64. The highest BCUT2D eigenvalue weighted by molar-refractivity contribution is 5.89. The molecular formula is C18H25N3O4. The van der Waals surface area contributed by atoms with E-state index in [1.807, 2.05) is 37.3 Å². The van der Waals surface area contributed by atoms with E-state index in [0.29, 0.717) is 32.5 Å². The van der Waals surface area contributed by atoms with Crippen molar-refractivity contribution < 1.29 is 19.1 Å². The minimum absolute atomic E-state index is 0.169. The number of nitrogens with zero attached hydrogens (tertiary/aromatic N) is 1. The number of benzene rings is 1. The fourth-order valence-electron chi connectivity index (χ4n) is 2.61. The van der Waals surface area contributed by atoms with Crippen LogP contribution < -0.4 is 10.6 Å². The van der Waals surface area contributed by atoms with Crippen molar-refractivity contribution in [3.63, 3.8) is 0 Å². The zero-order valence-corrected chi connectivity index (χ0v) is 14.5. The average molecular weight is 347 g/mol. The van der Waals surface area contributed by atoms with Gasteiger partial charge in [0.1, 0.15) is 0 Å². The van der Waals surface area contributed by atoms with E-state index in [9.17, 15) is 14.4 Å². The minimum Gasteiger partial charge on any atom is -0.455 e. The number of ether oxygens (including phenoxy) is 1. The van der Waals surface area contributed by atoms with E-state index < -0.39 is 0 Å². The number of piperidine rings is 1. The van der Waals surface area contributed by atoms with E-state index >= 15 is 0 Å². The number of urea groups is 1. The van der Waals surface area contributed by atoms with E-state index in [1.54, 1.807) is 4.90 Å². The van der Waals surface area contributed by atoms with Crippen molar-refractivity contribution in [3.05, 3.63) is 30.3 Å². The molecule has 2 rings (SSSR count). The third-order valence-corrected chi connectivity index (χ3v) is 4.06. The minimum atomic E-state index is -0.366. The van der Waals surface area contributed by atoms with E-state index in [-0.39, 0.29) is 30.4 Å². The molecule has 7 nitrogen and oxygen atoms in total. The fourth-order valence-corrected chi connectivity index (χ4v) is 2.61. The van der Waals surface area contributed by atoms with Crippen molar-refractivity contribution >= 4 is 23.6 Å². The van der Waals surface area contributed by atoms with Gasteiger partial charge in [-0.3, -0.25) is 9.59 Å². The van der Waals surface area contributed by atoms with Crippen LogP contribution in [0, 0.1) is 5.92 Å². The van der Waals surface area contributed by atoms with Crippen molar-refractivity contribution in [1.29, 1.82) is 0 Å². The summed E-state index contributed by atoms with van der Waals surface area (Å²) >= 11 is 0. The normalized spacial score (nSPS) is 14.7. The predicted molar refractivity (Wildman–Crippen MR) is 94.0 cm³/mol. The topological polar surface area (TPSA) is 87.7 Å². The summed E-state index contributed by atoms with van der Waals surface area (Å²) < 4.78 is 5.06. The summed E-state index contributed by atoms with van der Waals surface area (Å²) in [5, 5.41) is 5.49. The summed E-state index contributed by atoms with van der Waals surface area (Å²) in [6.07, 6.45) is 1.92. The highest BCUT2D eigenvalue weighted by Gasteiger charge is 2.28. The third-order valence-electron chi connectivity index (χ3n) is 4.06. The van der Waals surface area contributed by atoms with Crippen molar-refractivity contribution in [1.82, 2.24) is 10.2 Å². The van der Waals surface area contributed by atoms with E-state index in [0.717, 1.165) is 12.1 Å². The van der Waals surface area contributed by atoms with E-state index in [1.165, 1.54) is 0 Å². The van der Waals surface area contributed by atoms with Crippen LogP contribution in [0.5, 0.6) is 0 Å². The predicted octanol–water partition coefficient (Wildman–Crippen LogP) is 2.00. The van der Waals surface area contributed by atoms with E-state index in [4.69, 9.17) is 4.74 Å². The van der Waals surface area contributed by atoms with Crippen LogP contribution >= 0.6 is 0 Å². The zero-order chi connectivity index (χ0) is 18.1. The molecule has 1 aromatic carbocycles. The van der Waals surface area contributed by atoms with Crippen LogP contribution in [0.1, 0.15) is 26.2 Å². The summed E-state index contributed by atoms with van der Waals surface area (Å²) in [7, 11) is 0. The lowest BCUT2D eigenvalue weighted by Gasteiger charge is -2.30. The maximum absolute atomic E-state index is 12.2. The number of hydrogen-bond donors (Lipinski definition) is 2. The van der Waals surface area contributed by atoms with Gasteiger partial charge in [-0.25, -0.2) is 4.79 Å². The third kappa shape index (κ3) is 6.10. The molecular weight excluding hydrogens is 322 g/mol. The maximum atomic E-state index is 12.2. The van der Waals surface area contributed by atoms with Gasteiger partial charge in [-0.2, -0.15) is 0 Å². The Morgan fingerprint density at radius 3 is 2.48 bits per heavy atom. The SMILES string of the molecule is CCCNC(=O)COC(=O)C1CCN(C(=O)Nc2ccccc2)CC1. The Morgan fingerprint density at radius 1 is 1.16 bits per heavy atom. The molecule has 0 atom stereocenters. The summed E-state index contributed by atoms with van der Waals surface area (Å²) in [5.74, 6) is -0.913. The van der Waals surface area contributed by atoms with Crippen LogP contribution in [-0.4, -0.2) is 49.0 Å². The van der Waals surface area contributed by atoms with E-state index in [2.05, 4.69) is 10.6 Å². The molecule has 0 saturated carbocycles. The quantitative estimate of drug-likeness (QED) is 0.771. The lowest BCUT2D eigenvalue weighted by Crippen LogP contribution is -2.43. The van der Waals surface area contributed by atoms with Gasteiger partial charge >= 0.3 is 12.0 Å². The molecule has 1 aliphatic rings. The van der Waals surface area contributed by atoms with Gasteiger partial charge in [0.2, 0.25) is 0 Å². The molecule has 1 aromatic rings. The van der Waals surface area contributed by atoms with Crippen molar-refractivity contribution in [2.45, 2.75) is 26.2 Å². The van der Waals surface area contributed by atoms with Crippen LogP contribution in [-0.2, 0) is 14.3 Å². The van der Waals surface area contributed by atoms with Crippen LogP contribution in [0.4, 0.5) is 10.5 Å². The van der Waals surface area contributed by atoms with Crippen molar-refractivity contribution in [2.75, 3.05) is 31.6 Å². The first-order valence-electron chi connectivity index (χ1n) is 8.64. The number of anilines is 1. The molecule has 1 aliphatic heterocycles. The van der Waals surface area contributed by atoms with Gasteiger partial charge in [0.05, 0.1) is 5.92 Å². The zero-order valence-electron chi connectivity index (χ0n) is 14.5. The number of para-hydroxylation sites is 1. The summed E-state index contributed by atoms with van der Waals surface area (Å²) in [6.45, 7) is 3.26. The molecule has 3 amide bonds. The molecule has 0 aliphatic carbocycles. The Kier molecular flexibility index (Phi) is 7.25. The van der Waals surface area contributed by atoms with Crippen LogP contribution in [0.3, 0.4) is 0 Å². The molecule has 2 N–H and O–H groups in total. The summed E-state index contributed by atoms with van der Waals surface area (Å²) in [4.78, 5) is 37.4. The highest BCUT2D eigenvalue weighted by Crippen LogP contribution is 2.19. The number of carbonyl (C=O) groups excluding carboxylic acids is 3. The second-order valence-corrected chi connectivity index (χ2v) is 6.02. The highest BCUT2D eigenvalue weighted by atomic mass is 16.5. The lowest BCUT2D eigenvalue weighted by molar-refractivity contribution is -0.153. The molecule has 1 saturated heterocycles. The number of rotatable bonds is 6. The molecule has 1 heterocycles. The van der Waals surface area contributed by atoms with Crippen molar-refractivity contribution in [3.8, 4) is 0 Å². The van der Waals surface area contributed by atoms with Crippen molar-refractivity contribution in [2.24, 2.45) is 5.92 Å². The molecule has 0 aromatic heterocycles. The average Bonchev–Trinajstić information content (AvgIpc) is 2.65. The largest absolute Gasteiger partial charge is 0.455 e. The number of amides is 3. The first-order chi connectivity index (χ1) is 12.1. The fraction of sp³-hybridized carbons (Fsp3) is 0.500. The van der Waals surface area contributed by atoms with Gasteiger partial charge in [0.25, 0.3) is 5.91 Å². The number of carbonyl (C=O) groups is 3. The number of hydrogen-bond acceptors (Lipinski definition) is 4. The molecule has 0 spiro atoms. The standard InChI is InChI=1S/C18H25N3O4/c1-2-10-19-16(22)13-25-17(23)14-8-11-21(12-9-14)18(24)20-15-6-4-3-5-7-15/h3-7,14H,2,8-13H2,1H3,(H,19,22)(H,20,24). The molecule has 7 heteroatoms. The summed E-state index contributed by atoms with van der Waals surface area (Å²) in [5.41, 5.74) is 0.743. The Bertz CT molecular complexity index is 583. The number of nitrogens with one attached hydrogen (secondary N) is 2. The molecule has 0 radical (unpaired) electrons. The second-order valence-electron chi connectivity index (χ2n) is 6.02. The van der Waals surface area contributed by atoms with Crippen LogP contribution in [0.25, 0.3) is 0 Å². The van der Waals surface area contributed by atoms with Gasteiger partial charge in [-0.1, -0.05) is 25.1 Å². The van der Waals surface area contributed by atoms with Gasteiger partial charge < -0.3 is 20.3 Å². The number of esters is 1. The molecule has 0 bridgehead atoms. The van der Waals surface area contributed by atoms with Crippen LogP contribution in [0.15, 0.2) is 30.3 Å². The number of likely N-dealkylation sites (tertiary alicyclic amines) is 1. The lowest BCUT2D eigenvalue weighted by atomic mass is 9.97. The summed E-state index contributed by atoms with van der Waals surface area (Å²) in [6, 6.07) is 9.08. The Morgan fingerprint density at radius 2 is 1.84 bits per heavy atom. The maximum Gasteiger partial charge on any atom is 0.321 e. The Hall–Kier alpha value is -2.57. The molecule has 0 unspecified atom stereocenters. The van der Waals surface area contributed by atoms with Gasteiger partial charge in [0, 0.05) is 25.3 Å². The molecule has 25 heavy (non-hydrogen) atoms. The van der Waals surface area contributed by atoms with Gasteiger partial charge in [-0.15, -0.1) is 0 Å². The monoisotopic (exact) mass is 347 g/mol. The smallest absolute Gasteiger partial charge is 0.321 e. The molecule has 1 fully saturated rings. The Balaban J connectivity index is 1.70. The van der Waals surface area contributed by atoms with Crippen LogP contribution in [0.2, 0.25) is 0 Å². The second kappa shape index (κ2) is 9.66. The molecule has 136 valence electrons. The van der Waals surface area contributed by atoms with Gasteiger partial charge in [0.15, 0.2) is 6.61 Å². The Labute approximate surface area is 147 Å². The van der Waals surface area contributed by atoms with Gasteiger partial charge in [-0.05, 0) is 31.4 Å². The first kappa shape index (κ1) is 18.8.